The summed E-state index contributed by atoms with van der Waals surface area (Å²) in [4.78, 5) is 12.2. The highest BCUT2D eigenvalue weighted by Crippen LogP contribution is 2.08. The van der Waals surface area contributed by atoms with Crippen LogP contribution in [-0.2, 0) is 6.54 Å². The molecule has 1 aromatic carbocycles. The van der Waals surface area contributed by atoms with E-state index in [1.165, 1.54) is 5.56 Å². The fourth-order valence-corrected chi connectivity index (χ4v) is 2.24. The zero-order chi connectivity index (χ0) is 14.9. The number of aromatic nitrogens is 1. The average molecular weight is 286 g/mol. The summed E-state index contributed by atoms with van der Waals surface area (Å²) in [7, 11) is 0. The van der Waals surface area contributed by atoms with Crippen molar-refractivity contribution in [2.75, 3.05) is 13.2 Å². The fourth-order valence-electron chi connectivity index (χ4n) is 2.24. The highest BCUT2D eigenvalue weighted by molar-refractivity contribution is 5.92. The molecular formula is C17H22N2O2. The molecule has 0 spiro atoms. The number of carbonyl (C=O) groups excluding carboxylic acids is 1. The summed E-state index contributed by atoms with van der Waals surface area (Å²) < 4.78 is 1.96. The van der Waals surface area contributed by atoms with Crippen molar-refractivity contribution in [1.29, 1.82) is 0 Å². The van der Waals surface area contributed by atoms with Crippen LogP contribution in [0.15, 0.2) is 48.7 Å². The maximum absolute atomic E-state index is 12.2. The first-order chi connectivity index (χ1) is 10.3. The largest absolute Gasteiger partial charge is 0.396 e. The second-order valence-electron chi connectivity index (χ2n) is 5.05. The Kier molecular flexibility index (Phi) is 6.03. The molecule has 2 N–H and O–H groups in total. The standard InChI is InChI=1S/C17H22N2O2/c20-13-6-2-5-11-18-17(21)16-10-7-12-19(16)14-15-8-3-1-4-9-15/h1,3-4,7-10,12,20H,2,5-6,11,13-14H2,(H,18,21). The van der Waals surface area contributed by atoms with Gasteiger partial charge in [-0.05, 0) is 37.0 Å². The smallest absolute Gasteiger partial charge is 0.267 e. The molecule has 0 bridgehead atoms. The number of nitrogens with zero attached hydrogens (tertiary/aromatic N) is 1. The van der Waals surface area contributed by atoms with E-state index < -0.39 is 0 Å². The number of unbranched alkanes of at least 4 members (excludes halogenated alkanes) is 2. The van der Waals surface area contributed by atoms with E-state index in [1.807, 2.05) is 41.1 Å². The van der Waals surface area contributed by atoms with Crippen LogP contribution in [0.1, 0.15) is 35.3 Å². The zero-order valence-electron chi connectivity index (χ0n) is 12.2. The molecule has 0 fully saturated rings. The molecule has 4 nitrogen and oxygen atoms in total. The van der Waals surface area contributed by atoms with E-state index in [4.69, 9.17) is 5.11 Å². The van der Waals surface area contributed by atoms with Gasteiger partial charge >= 0.3 is 0 Å². The summed E-state index contributed by atoms with van der Waals surface area (Å²) in [5.74, 6) is -0.0417. The third-order valence-corrected chi connectivity index (χ3v) is 3.38. The summed E-state index contributed by atoms with van der Waals surface area (Å²) in [6.45, 7) is 1.56. The molecule has 1 aromatic heterocycles. The Morgan fingerprint density at radius 2 is 1.86 bits per heavy atom. The third kappa shape index (κ3) is 4.76. The second kappa shape index (κ2) is 8.27. The van der Waals surface area contributed by atoms with Crippen molar-refractivity contribution in [3.05, 3.63) is 59.9 Å². The number of carbonyl (C=O) groups is 1. The van der Waals surface area contributed by atoms with E-state index in [2.05, 4.69) is 17.4 Å². The molecule has 112 valence electrons. The van der Waals surface area contributed by atoms with Crippen LogP contribution in [0.3, 0.4) is 0 Å². The van der Waals surface area contributed by atoms with E-state index in [9.17, 15) is 4.79 Å². The molecule has 0 aliphatic carbocycles. The zero-order valence-corrected chi connectivity index (χ0v) is 12.2. The minimum atomic E-state index is -0.0417. The van der Waals surface area contributed by atoms with Gasteiger partial charge in [0.2, 0.25) is 0 Å². The van der Waals surface area contributed by atoms with Gasteiger partial charge < -0.3 is 15.0 Å². The average Bonchev–Trinajstić information content (AvgIpc) is 2.96. The molecule has 21 heavy (non-hydrogen) atoms. The van der Waals surface area contributed by atoms with Crippen LogP contribution in [-0.4, -0.2) is 28.7 Å². The van der Waals surface area contributed by atoms with Crippen LogP contribution < -0.4 is 5.32 Å². The first-order valence-electron chi connectivity index (χ1n) is 7.39. The lowest BCUT2D eigenvalue weighted by Gasteiger charge is -2.10. The van der Waals surface area contributed by atoms with Crippen LogP contribution in [0.4, 0.5) is 0 Å². The molecule has 0 radical (unpaired) electrons. The van der Waals surface area contributed by atoms with Gasteiger partial charge in [0.05, 0.1) is 0 Å². The summed E-state index contributed by atoms with van der Waals surface area (Å²) in [5.41, 5.74) is 1.85. The number of rotatable bonds is 8. The minimum absolute atomic E-state index is 0.0417. The number of hydrogen-bond donors (Lipinski definition) is 2. The number of aliphatic hydroxyl groups is 1. The third-order valence-electron chi connectivity index (χ3n) is 3.38. The molecule has 0 atom stereocenters. The van der Waals surface area contributed by atoms with Gasteiger partial charge in [0.25, 0.3) is 5.91 Å². The molecule has 2 rings (SSSR count). The van der Waals surface area contributed by atoms with E-state index >= 15 is 0 Å². The maximum Gasteiger partial charge on any atom is 0.267 e. The molecule has 4 heteroatoms. The molecule has 0 unspecified atom stereocenters. The Hall–Kier alpha value is -2.07. The Morgan fingerprint density at radius 3 is 2.62 bits per heavy atom. The number of benzene rings is 1. The van der Waals surface area contributed by atoms with Gasteiger partial charge in [-0.15, -0.1) is 0 Å². The van der Waals surface area contributed by atoms with Gasteiger partial charge in [-0.25, -0.2) is 0 Å². The van der Waals surface area contributed by atoms with Crippen molar-refractivity contribution in [3.63, 3.8) is 0 Å². The lowest BCUT2D eigenvalue weighted by Crippen LogP contribution is -2.27. The van der Waals surface area contributed by atoms with Crippen molar-refractivity contribution < 1.29 is 9.90 Å². The van der Waals surface area contributed by atoms with Crippen molar-refractivity contribution in [3.8, 4) is 0 Å². The minimum Gasteiger partial charge on any atom is -0.396 e. The van der Waals surface area contributed by atoms with Crippen molar-refractivity contribution >= 4 is 5.91 Å². The molecular weight excluding hydrogens is 264 g/mol. The first kappa shape index (κ1) is 15.3. The summed E-state index contributed by atoms with van der Waals surface area (Å²) >= 11 is 0. The Labute approximate surface area is 125 Å². The van der Waals surface area contributed by atoms with Gasteiger partial charge in [-0.3, -0.25) is 4.79 Å². The second-order valence-corrected chi connectivity index (χ2v) is 5.05. The molecule has 1 heterocycles. The predicted octanol–water partition coefficient (Wildman–Crippen LogP) is 2.43. The predicted molar refractivity (Wildman–Crippen MR) is 83.2 cm³/mol. The molecule has 0 aliphatic heterocycles. The number of nitrogens with one attached hydrogen (secondary N) is 1. The van der Waals surface area contributed by atoms with Crippen molar-refractivity contribution in [2.24, 2.45) is 0 Å². The highest BCUT2D eigenvalue weighted by atomic mass is 16.2. The maximum atomic E-state index is 12.2. The van der Waals surface area contributed by atoms with Gasteiger partial charge in [-0.2, -0.15) is 0 Å². The van der Waals surface area contributed by atoms with E-state index in [0.29, 0.717) is 18.8 Å². The van der Waals surface area contributed by atoms with Gasteiger partial charge in [0.15, 0.2) is 0 Å². The summed E-state index contributed by atoms with van der Waals surface area (Å²) in [6, 6.07) is 13.8. The molecule has 2 aromatic rings. The monoisotopic (exact) mass is 286 g/mol. The number of hydrogen-bond acceptors (Lipinski definition) is 2. The van der Waals surface area contributed by atoms with Crippen LogP contribution in [0, 0.1) is 0 Å². The number of aliphatic hydroxyl groups excluding tert-OH is 1. The first-order valence-corrected chi connectivity index (χ1v) is 7.39. The molecule has 0 saturated carbocycles. The van der Waals surface area contributed by atoms with Crippen LogP contribution >= 0.6 is 0 Å². The number of amides is 1. The Morgan fingerprint density at radius 1 is 1.05 bits per heavy atom. The topological polar surface area (TPSA) is 54.3 Å². The lowest BCUT2D eigenvalue weighted by molar-refractivity contribution is 0.0944. The van der Waals surface area contributed by atoms with E-state index in [0.717, 1.165) is 19.3 Å². The lowest BCUT2D eigenvalue weighted by atomic mass is 10.2. The van der Waals surface area contributed by atoms with Gasteiger partial charge in [-0.1, -0.05) is 30.3 Å². The van der Waals surface area contributed by atoms with Crippen molar-refractivity contribution in [2.45, 2.75) is 25.8 Å². The van der Waals surface area contributed by atoms with Crippen LogP contribution in [0.5, 0.6) is 0 Å². The van der Waals surface area contributed by atoms with Gasteiger partial charge in [0.1, 0.15) is 5.69 Å². The molecule has 0 aliphatic rings. The highest BCUT2D eigenvalue weighted by Gasteiger charge is 2.10. The van der Waals surface area contributed by atoms with Crippen LogP contribution in [0.25, 0.3) is 0 Å². The Bertz CT molecular complexity index is 549. The SMILES string of the molecule is O=C(NCCCCCO)c1cccn1Cc1ccccc1. The van der Waals surface area contributed by atoms with Crippen molar-refractivity contribution in [1.82, 2.24) is 9.88 Å². The summed E-state index contributed by atoms with van der Waals surface area (Å²) in [5, 5.41) is 11.6. The van der Waals surface area contributed by atoms with E-state index in [1.54, 1.807) is 0 Å². The molecule has 0 saturated heterocycles. The van der Waals surface area contributed by atoms with Crippen LogP contribution in [0.2, 0.25) is 0 Å². The normalized spacial score (nSPS) is 10.5. The Balaban J connectivity index is 1.89. The van der Waals surface area contributed by atoms with E-state index in [-0.39, 0.29) is 12.5 Å². The van der Waals surface area contributed by atoms with Gasteiger partial charge in [0, 0.05) is 25.9 Å². The quantitative estimate of drug-likeness (QED) is 0.732. The fraction of sp³-hybridized carbons (Fsp3) is 0.353. The molecule has 1 amide bonds. The summed E-state index contributed by atoms with van der Waals surface area (Å²) in [6.07, 6.45) is 4.54.